The minimum absolute atomic E-state index is 0.305. The Morgan fingerprint density at radius 2 is 1.33 bits per heavy atom. The smallest absolute Gasteiger partial charge is 0.346 e. The van der Waals surface area contributed by atoms with Crippen molar-refractivity contribution in [2.24, 2.45) is 7.05 Å². The molecule has 0 unspecified atom stereocenters. The molecule has 5 rings (SSSR count). The van der Waals surface area contributed by atoms with Gasteiger partial charge in [-0.3, -0.25) is 0 Å². The number of para-hydroxylation sites is 1. The monoisotopic (exact) mass is 351 g/mol. The van der Waals surface area contributed by atoms with E-state index in [2.05, 4.69) is 16.7 Å². The average molecular weight is 351 g/mol. The van der Waals surface area contributed by atoms with E-state index >= 15 is 0 Å². The molecule has 0 aliphatic rings. The van der Waals surface area contributed by atoms with Gasteiger partial charge in [0.2, 0.25) is 0 Å². The van der Waals surface area contributed by atoms with Crippen LogP contribution in [0.2, 0.25) is 0 Å². The molecule has 3 aromatic carbocycles. The largest absolute Gasteiger partial charge is 0.421 e. The van der Waals surface area contributed by atoms with E-state index < -0.39 is 0 Å². The lowest BCUT2D eigenvalue weighted by Gasteiger charge is -2.12. The van der Waals surface area contributed by atoms with E-state index in [1.807, 2.05) is 79.8 Å². The Morgan fingerprint density at radius 1 is 0.741 bits per heavy atom. The van der Waals surface area contributed by atoms with Crippen molar-refractivity contribution in [3.63, 3.8) is 0 Å². The molecule has 0 bridgehead atoms. The molecule has 0 amide bonds. The molecular weight excluding hydrogens is 334 g/mol. The van der Waals surface area contributed by atoms with Crippen molar-refractivity contribution < 1.29 is 4.42 Å². The van der Waals surface area contributed by atoms with Gasteiger partial charge in [0, 0.05) is 29.1 Å². The molecule has 130 valence electrons. The van der Waals surface area contributed by atoms with Crippen LogP contribution in [0, 0.1) is 0 Å². The summed E-state index contributed by atoms with van der Waals surface area (Å²) >= 11 is 0. The Labute approximate surface area is 156 Å². The van der Waals surface area contributed by atoms with Crippen LogP contribution in [0.4, 0.5) is 0 Å². The molecule has 0 aliphatic carbocycles. The fourth-order valence-corrected chi connectivity index (χ4v) is 3.86. The van der Waals surface area contributed by atoms with Gasteiger partial charge in [-0.25, -0.2) is 4.79 Å². The van der Waals surface area contributed by atoms with Gasteiger partial charge in [0.15, 0.2) is 0 Å². The van der Waals surface area contributed by atoms with Gasteiger partial charge in [0.1, 0.15) is 5.76 Å². The fourth-order valence-electron chi connectivity index (χ4n) is 3.86. The molecule has 0 atom stereocenters. The molecule has 3 nitrogen and oxygen atoms in total. The van der Waals surface area contributed by atoms with Crippen LogP contribution in [0.5, 0.6) is 0 Å². The fraction of sp³-hybridized carbons (Fsp3) is 0.0417. The van der Waals surface area contributed by atoms with Crippen molar-refractivity contribution in [2.75, 3.05) is 0 Å². The lowest BCUT2D eigenvalue weighted by Crippen LogP contribution is -2.03. The van der Waals surface area contributed by atoms with Crippen molar-refractivity contribution in [1.29, 1.82) is 0 Å². The number of hydrogen-bond acceptors (Lipinski definition) is 2. The van der Waals surface area contributed by atoms with Crippen LogP contribution in [0.1, 0.15) is 0 Å². The molecule has 0 N–H and O–H groups in total. The van der Waals surface area contributed by atoms with Crippen LogP contribution >= 0.6 is 0 Å². The quantitative estimate of drug-likeness (QED) is 0.414. The summed E-state index contributed by atoms with van der Waals surface area (Å²) in [7, 11) is 2.01. The first-order valence-corrected chi connectivity index (χ1v) is 8.91. The van der Waals surface area contributed by atoms with Crippen molar-refractivity contribution in [1.82, 2.24) is 4.57 Å². The lowest BCUT2D eigenvalue weighted by molar-refractivity contribution is 0.536. The van der Waals surface area contributed by atoms with Gasteiger partial charge in [-0.05, 0) is 11.6 Å². The summed E-state index contributed by atoms with van der Waals surface area (Å²) in [6, 6.07) is 27.9. The Morgan fingerprint density at radius 3 is 2.04 bits per heavy atom. The van der Waals surface area contributed by atoms with Crippen LogP contribution in [-0.2, 0) is 7.05 Å². The van der Waals surface area contributed by atoms with Crippen LogP contribution in [0.25, 0.3) is 44.3 Å². The van der Waals surface area contributed by atoms with E-state index in [9.17, 15) is 4.79 Å². The maximum absolute atomic E-state index is 13.0. The minimum Gasteiger partial charge on any atom is -0.421 e. The third-order valence-corrected chi connectivity index (χ3v) is 5.07. The molecule has 0 fully saturated rings. The van der Waals surface area contributed by atoms with E-state index in [-0.39, 0.29) is 5.63 Å². The molecule has 0 aliphatic heterocycles. The second kappa shape index (κ2) is 5.99. The van der Waals surface area contributed by atoms with Crippen molar-refractivity contribution in [3.8, 4) is 22.5 Å². The van der Waals surface area contributed by atoms with Gasteiger partial charge in [0.25, 0.3) is 0 Å². The van der Waals surface area contributed by atoms with Crippen molar-refractivity contribution in [3.05, 3.63) is 95.3 Å². The number of rotatable bonds is 2. The maximum Gasteiger partial charge on any atom is 0.346 e. The van der Waals surface area contributed by atoms with Crippen molar-refractivity contribution >= 4 is 21.8 Å². The van der Waals surface area contributed by atoms with E-state index in [1.54, 1.807) is 0 Å². The minimum atomic E-state index is -0.305. The van der Waals surface area contributed by atoms with Gasteiger partial charge in [-0.15, -0.1) is 0 Å². The van der Waals surface area contributed by atoms with Gasteiger partial charge < -0.3 is 8.98 Å². The summed E-state index contributed by atoms with van der Waals surface area (Å²) in [5, 5.41) is 1.55. The zero-order chi connectivity index (χ0) is 18.4. The van der Waals surface area contributed by atoms with E-state index in [4.69, 9.17) is 4.42 Å². The summed E-state index contributed by atoms with van der Waals surface area (Å²) in [4.78, 5) is 13.0. The lowest BCUT2D eigenvalue weighted by atomic mass is 9.98. The van der Waals surface area contributed by atoms with E-state index in [1.165, 1.54) is 0 Å². The summed E-state index contributed by atoms with van der Waals surface area (Å²) in [5.74, 6) is 0.602. The highest BCUT2D eigenvalue weighted by atomic mass is 16.4. The summed E-state index contributed by atoms with van der Waals surface area (Å²) in [6.45, 7) is 0. The molecule has 0 saturated heterocycles. The van der Waals surface area contributed by atoms with Gasteiger partial charge in [-0.2, -0.15) is 0 Å². The third-order valence-electron chi connectivity index (χ3n) is 5.07. The molecule has 0 spiro atoms. The first kappa shape index (κ1) is 15.6. The number of benzene rings is 3. The van der Waals surface area contributed by atoms with Gasteiger partial charge in [0.05, 0.1) is 10.9 Å². The number of aryl methyl sites for hydroxylation is 1. The Hall–Kier alpha value is -3.59. The molecular formula is C24H17NO2. The highest BCUT2D eigenvalue weighted by molar-refractivity contribution is 6.13. The SMILES string of the molecule is Cn1c2ccccc2c2c(=O)oc(-c3ccccc3)c(-c3ccccc3)c21. The summed E-state index contributed by atoms with van der Waals surface area (Å²) in [5.41, 5.74) is 4.46. The third kappa shape index (κ3) is 2.32. The van der Waals surface area contributed by atoms with Crippen LogP contribution < -0.4 is 5.63 Å². The summed E-state index contributed by atoms with van der Waals surface area (Å²) in [6.07, 6.45) is 0. The molecule has 3 heteroatoms. The molecule has 0 radical (unpaired) electrons. The first-order chi connectivity index (χ1) is 13.3. The number of fused-ring (bicyclic) bond motifs is 3. The predicted molar refractivity (Wildman–Crippen MR) is 110 cm³/mol. The van der Waals surface area contributed by atoms with Crippen LogP contribution in [0.15, 0.2) is 94.1 Å². The highest BCUT2D eigenvalue weighted by Crippen LogP contribution is 2.39. The second-order valence-electron chi connectivity index (χ2n) is 6.63. The molecule has 2 aromatic heterocycles. The summed E-state index contributed by atoms with van der Waals surface area (Å²) < 4.78 is 8.01. The van der Waals surface area contributed by atoms with Gasteiger partial charge >= 0.3 is 5.63 Å². The zero-order valence-electron chi connectivity index (χ0n) is 14.8. The first-order valence-electron chi connectivity index (χ1n) is 8.91. The Kier molecular flexibility index (Phi) is 3.47. The average Bonchev–Trinajstić information content (AvgIpc) is 3.03. The maximum atomic E-state index is 13.0. The van der Waals surface area contributed by atoms with Crippen LogP contribution in [-0.4, -0.2) is 4.57 Å². The van der Waals surface area contributed by atoms with Gasteiger partial charge in [-0.1, -0.05) is 78.9 Å². The number of hydrogen-bond donors (Lipinski definition) is 0. The Bertz CT molecular complexity index is 1330. The van der Waals surface area contributed by atoms with Crippen molar-refractivity contribution in [2.45, 2.75) is 0 Å². The molecule has 5 aromatic rings. The Balaban J connectivity index is 2.04. The van der Waals surface area contributed by atoms with E-state index in [0.29, 0.717) is 11.1 Å². The highest BCUT2D eigenvalue weighted by Gasteiger charge is 2.22. The molecule has 0 saturated carbocycles. The number of aromatic nitrogens is 1. The molecule has 27 heavy (non-hydrogen) atoms. The molecule has 2 heterocycles. The topological polar surface area (TPSA) is 35.1 Å². The zero-order valence-corrected chi connectivity index (χ0v) is 14.8. The normalized spacial score (nSPS) is 11.3. The standard InChI is InChI=1S/C24H17NO2/c1-25-19-15-9-8-14-18(19)21-22(25)20(16-10-4-2-5-11-16)23(27-24(21)26)17-12-6-3-7-13-17/h2-15H,1H3. The predicted octanol–water partition coefficient (Wildman–Crippen LogP) is 5.62. The number of nitrogens with zero attached hydrogens (tertiary/aromatic N) is 1. The second-order valence-corrected chi connectivity index (χ2v) is 6.63. The van der Waals surface area contributed by atoms with E-state index in [0.717, 1.165) is 33.1 Å². The van der Waals surface area contributed by atoms with Crippen LogP contribution in [0.3, 0.4) is 0 Å².